The largest absolute Gasteiger partial charge is 0.492 e. The zero-order valence-electron chi connectivity index (χ0n) is 14.6. The summed E-state index contributed by atoms with van der Waals surface area (Å²) in [6.07, 6.45) is 2.05. The molecular formula is C17H26ClIN4O2. The molecule has 0 radical (unpaired) electrons. The normalized spacial score (nSPS) is 13.6. The molecule has 0 atom stereocenters. The Labute approximate surface area is 171 Å². The quantitative estimate of drug-likeness (QED) is 0.259. The lowest BCUT2D eigenvalue weighted by molar-refractivity contribution is -0.122. The third kappa shape index (κ3) is 8.13. The molecule has 2 rings (SSSR count). The van der Waals surface area contributed by atoms with Crippen LogP contribution in [0.5, 0.6) is 5.75 Å². The molecule has 0 aromatic heterocycles. The van der Waals surface area contributed by atoms with Crippen LogP contribution in [-0.4, -0.2) is 57.1 Å². The molecule has 0 aliphatic heterocycles. The zero-order valence-corrected chi connectivity index (χ0v) is 17.7. The van der Waals surface area contributed by atoms with Crippen molar-refractivity contribution in [3.8, 4) is 5.75 Å². The van der Waals surface area contributed by atoms with Crippen molar-refractivity contribution < 1.29 is 9.53 Å². The van der Waals surface area contributed by atoms with E-state index in [0.717, 1.165) is 24.6 Å². The molecule has 1 fully saturated rings. The van der Waals surface area contributed by atoms with Gasteiger partial charge in [-0.25, -0.2) is 0 Å². The minimum absolute atomic E-state index is 0. The maximum absolute atomic E-state index is 11.5. The summed E-state index contributed by atoms with van der Waals surface area (Å²) in [4.78, 5) is 17.8. The van der Waals surface area contributed by atoms with E-state index in [9.17, 15) is 4.79 Å². The minimum atomic E-state index is 0. The SMILES string of the molecule is CN=C(NCCNC(=O)C1CC1)N(C)CCOc1ccc(Cl)cc1.I. The topological polar surface area (TPSA) is 66.0 Å². The van der Waals surface area contributed by atoms with Crippen LogP contribution >= 0.6 is 35.6 Å². The fraction of sp³-hybridized carbons (Fsp3) is 0.529. The van der Waals surface area contributed by atoms with Gasteiger partial charge in [-0.05, 0) is 37.1 Å². The fourth-order valence-corrected chi connectivity index (χ4v) is 2.30. The molecule has 0 spiro atoms. The van der Waals surface area contributed by atoms with E-state index in [4.69, 9.17) is 16.3 Å². The highest BCUT2D eigenvalue weighted by molar-refractivity contribution is 14.0. The van der Waals surface area contributed by atoms with Crippen LogP contribution in [0.15, 0.2) is 29.3 Å². The Morgan fingerprint density at radius 2 is 1.92 bits per heavy atom. The Morgan fingerprint density at radius 1 is 1.28 bits per heavy atom. The molecule has 1 aromatic rings. The molecule has 25 heavy (non-hydrogen) atoms. The monoisotopic (exact) mass is 480 g/mol. The summed E-state index contributed by atoms with van der Waals surface area (Å²) in [5, 5.41) is 6.84. The standard InChI is InChI=1S/C17H25ClN4O2.HI/c1-19-17(21-10-9-20-16(23)13-3-4-13)22(2)11-12-24-15-7-5-14(18)6-8-15;/h5-8,13H,3-4,9-12H2,1-2H3,(H,19,21)(H,20,23);1H. The summed E-state index contributed by atoms with van der Waals surface area (Å²) in [6.45, 7) is 2.48. The van der Waals surface area contributed by atoms with Gasteiger partial charge in [0.2, 0.25) is 5.91 Å². The van der Waals surface area contributed by atoms with E-state index in [1.165, 1.54) is 0 Å². The first kappa shape index (κ1) is 21.8. The number of benzene rings is 1. The van der Waals surface area contributed by atoms with Gasteiger partial charge in [0.25, 0.3) is 0 Å². The van der Waals surface area contributed by atoms with Crippen molar-refractivity contribution in [2.24, 2.45) is 10.9 Å². The lowest BCUT2D eigenvalue weighted by atomic mass is 10.3. The number of amides is 1. The Hall–Kier alpha value is -1.22. The lowest BCUT2D eigenvalue weighted by Crippen LogP contribution is -2.43. The molecule has 1 aliphatic rings. The van der Waals surface area contributed by atoms with Gasteiger partial charge in [0.05, 0.1) is 6.54 Å². The molecule has 0 bridgehead atoms. The van der Waals surface area contributed by atoms with Gasteiger partial charge in [-0.1, -0.05) is 11.6 Å². The minimum Gasteiger partial charge on any atom is -0.492 e. The average Bonchev–Trinajstić information content (AvgIpc) is 3.41. The van der Waals surface area contributed by atoms with Gasteiger partial charge in [0, 0.05) is 38.1 Å². The highest BCUT2D eigenvalue weighted by Gasteiger charge is 2.28. The summed E-state index contributed by atoms with van der Waals surface area (Å²) in [5.74, 6) is 1.97. The van der Waals surface area contributed by atoms with Crippen LogP contribution in [0, 0.1) is 5.92 Å². The fourth-order valence-electron chi connectivity index (χ4n) is 2.17. The first-order valence-corrected chi connectivity index (χ1v) is 8.56. The summed E-state index contributed by atoms with van der Waals surface area (Å²) in [6, 6.07) is 7.30. The number of ether oxygens (including phenoxy) is 1. The van der Waals surface area contributed by atoms with Crippen molar-refractivity contribution in [2.45, 2.75) is 12.8 Å². The molecule has 140 valence electrons. The molecule has 2 N–H and O–H groups in total. The van der Waals surface area contributed by atoms with Crippen molar-refractivity contribution in [1.82, 2.24) is 15.5 Å². The van der Waals surface area contributed by atoms with Crippen LogP contribution < -0.4 is 15.4 Å². The van der Waals surface area contributed by atoms with E-state index in [1.54, 1.807) is 19.2 Å². The van der Waals surface area contributed by atoms with Gasteiger partial charge in [-0.2, -0.15) is 0 Å². The first-order valence-electron chi connectivity index (χ1n) is 8.18. The second-order valence-corrected chi connectivity index (χ2v) is 6.20. The van der Waals surface area contributed by atoms with E-state index in [1.807, 2.05) is 24.1 Å². The van der Waals surface area contributed by atoms with Crippen LogP contribution in [0.4, 0.5) is 0 Å². The highest BCUT2D eigenvalue weighted by atomic mass is 127. The number of hydrogen-bond donors (Lipinski definition) is 2. The Bertz CT molecular complexity index is 564. The second-order valence-electron chi connectivity index (χ2n) is 5.76. The molecule has 0 unspecified atom stereocenters. The Balaban J connectivity index is 0.00000312. The van der Waals surface area contributed by atoms with Crippen molar-refractivity contribution in [2.75, 3.05) is 40.3 Å². The predicted molar refractivity (Wildman–Crippen MR) is 112 cm³/mol. The number of guanidine groups is 1. The van der Waals surface area contributed by atoms with Crippen molar-refractivity contribution in [3.63, 3.8) is 0 Å². The van der Waals surface area contributed by atoms with Crippen LogP contribution in [0.1, 0.15) is 12.8 Å². The number of likely N-dealkylation sites (N-methyl/N-ethyl adjacent to an activating group) is 1. The molecular weight excluding hydrogens is 455 g/mol. The second kappa shape index (κ2) is 11.4. The smallest absolute Gasteiger partial charge is 0.223 e. The van der Waals surface area contributed by atoms with Crippen LogP contribution in [-0.2, 0) is 4.79 Å². The van der Waals surface area contributed by atoms with E-state index >= 15 is 0 Å². The highest BCUT2D eigenvalue weighted by Crippen LogP contribution is 2.28. The molecule has 8 heteroatoms. The average molecular weight is 481 g/mol. The van der Waals surface area contributed by atoms with E-state index in [2.05, 4.69) is 15.6 Å². The number of nitrogens with one attached hydrogen (secondary N) is 2. The van der Waals surface area contributed by atoms with Crippen LogP contribution in [0.2, 0.25) is 5.02 Å². The Morgan fingerprint density at radius 3 is 2.52 bits per heavy atom. The number of aliphatic imine (C=N–C) groups is 1. The number of halogens is 2. The van der Waals surface area contributed by atoms with Crippen LogP contribution in [0.3, 0.4) is 0 Å². The van der Waals surface area contributed by atoms with Crippen molar-refractivity contribution in [1.29, 1.82) is 0 Å². The van der Waals surface area contributed by atoms with E-state index < -0.39 is 0 Å². The maximum atomic E-state index is 11.5. The molecule has 1 amide bonds. The van der Waals surface area contributed by atoms with E-state index in [-0.39, 0.29) is 35.8 Å². The predicted octanol–water partition coefficient (Wildman–Crippen LogP) is 2.37. The molecule has 1 saturated carbocycles. The van der Waals surface area contributed by atoms with Gasteiger partial charge in [-0.15, -0.1) is 24.0 Å². The maximum Gasteiger partial charge on any atom is 0.223 e. The number of nitrogens with zero attached hydrogens (tertiary/aromatic N) is 2. The third-order valence-corrected chi connectivity index (χ3v) is 3.99. The summed E-state index contributed by atoms with van der Waals surface area (Å²) in [7, 11) is 3.69. The molecule has 0 heterocycles. The summed E-state index contributed by atoms with van der Waals surface area (Å²) >= 11 is 5.84. The van der Waals surface area contributed by atoms with Crippen molar-refractivity contribution >= 4 is 47.4 Å². The number of carbonyl (C=O) groups excluding carboxylic acids is 1. The first-order chi connectivity index (χ1) is 11.6. The van der Waals surface area contributed by atoms with Gasteiger partial charge in [0.15, 0.2) is 5.96 Å². The van der Waals surface area contributed by atoms with Gasteiger partial charge >= 0.3 is 0 Å². The van der Waals surface area contributed by atoms with Crippen LogP contribution in [0.25, 0.3) is 0 Å². The summed E-state index contributed by atoms with van der Waals surface area (Å²) < 4.78 is 5.68. The van der Waals surface area contributed by atoms with Gasteiger partial charge < -0.3 is 20.3 Å². The van der Waals surface area contributed by atoms with Gasteiger partial charge in [-0.3, -0.25) is 9.79 Å². The lowest BCUT2D eigenvalue weighted by Gasteiger charge is -2.22. The number of carbonyl (C=O) groups is 1. The zero-order chi connectivity index (χ0) is 17.4. The summed E-state index contributed by atoms with van der Waals surface area (Å²) in [5.41, 5.74) is 0. The van der Waals surface area contributed by atoms with Gasteiger partial charge in [0.1, 0.15) is 12.4 Å². The molecule has 1 aromatic carbocycles. The third-order valence-electron chi connectivity index (χ3n) is 3.74. The Kier molecular flexibility index (Phi) is 9.96. The van der Waals surface area contributed by atoms with E-state index in [0.29, 0.717) is 31.3 Å². The number of hydrogen-bond acceptors (Lipinski definition) is 3. The molecule has 0 saturated heterocycles. The number of rotatable bonds is 8. The van der Waals surface area contributed by atoms with Crippen molar-refractivity contribution in [3.05, 3.63) is 29.3 Å². The molecule has 1 aliphatic carbocycles. The molecule has 6 nitrogen and oxygen atoms in total.